The number of likely N-dealkylation sites (tertiary alicyclic amines) is 1. The topological polar surface area (TPSA) is 109 Å². The summed E-state index contributed by atoms with van der Waals surface area (Å²) in [6.07, 6.45) is 4.06. The van der Waals surface area contributed by atoms with Crippen LogP contribution in [0.3, 0.4) is 0 Å². The number of fused-ring (bicyclic) bond motifs is 3. The molecule has 2 aliphatic rings. The van der Waals surface area contributed by atoms with Crippen LogP contribution in [0.15, 0.2) is 54.9 Å². The van der Waals surface area contributed by atoms with Crippen molar-refractivity contribution < 1.29 is 9.59 Å². The lowest BCUT2D eigenvalue weighted by molar-refractivity contribution is -0.121. The van der Waals surface area contributed by atoms with Gasteiger partial charge in [0.25, 0.3) is 5.91 Å². The van der Waals surface area contributed by atoms with Gasteiger partial charge in [0, 0.05) is 37.2 Å². The van der Waals surface area contributed by atoms with E-state index in [-0.39, 0.29) is 11.8 Å². The van der Waals surface area contributed by atoms with Gasteiger partial charge in [0.15, 0.2) is 0 Å². The maximum Gasteiger partial charge on any atom is 0.254 e. The van der Waals surface area contributed by atoms with Crippen molar-refractivity contribution in [3.63, 3.8) is 0 Å². The van der Waals surface area contributed by atoms with Crippen molar-refractivity contribution in [3.8, 4) is 0 Å². The van der Waals surface area contributed by atoms with Gasteiger partial charge in [-0.2, -0.15) is 15.4 Å². The lowest BCUT2D eigenvalue weighted by Crippen LogP contribution is -2.43. The number of para-hydroxylation sites is 1. The van der Waals surface area contributed by atoms with Gasteiger partial charge in [-0.25, -0.2) is 4.98 Å². The molecule has 0 radical (unpaired) electrons. The zero-order valence-corrected chi connectivity index (χ0v) is 16.7. The lowest BCUT2D eigenvalue weighted by Gasteiger charge is -2.33. The standard InChI is InChI=1S/C22H19N7O2/c1-28-11-9-23-19(28)18-22(14-4-2-3-5-15(14)24-21(22)31)8-10-29(18)20(30)13-6-7-16-17(12-13)26-27-25-16/h2-7,9,11-12,18H,8,10H2,1H3,(H,24,31)(H,25,26,27)/t18-,22+/m0/s1. The Hall–Kier alpha value is -4.01. The number of nitrogens with one attached hydrogen (secondary N) is 2. The van der Waals surface area contributed by atoms with Crippen molar-refractivity contribution >= 4 is 28.5 Å². The maximum absolute atomic E-state index is 13.7. The van der Waals surface area contributed by atoms with E-state index in [0.717, 1.165) is 11.3 Å². The Kier molecular flexibility index (Phi) is 3.59. The fourth-order valence-corrected chi connectivity index (χ4v) is 5.04. The second-order valence-corrected chi connectivity index (χ2v) is 8.05. The van der Waals surface area contributed by atoms with Crippen molar-refractivity contribution in [2.24, 2.45) is 7.05 Å². The Balaban J connectivity index is 1.51. The summed E-state index contributed by atoms with van der Waals surface area (Å²) in [4.78, 5) is 33.4. The number of rotatable bonds is 2. The van der Waals surface area contributed by atoms with Crippen LogP contribution >= 0.6 is 0 Å². The van der Waals surface area contributed by atoms with Crippen LogP contribution < -0.4 is 5.32 Å². The number of benzene rings is 2. The molecule has 2 aliphatic heterocycles. The molecule has 1 saturated heterocycles. The molecule has 4 heterocycles. The summed E-state index contributed by atoms with van der Waals surface area (Å²) in [7, 11) is 1.89. The number of H-pyrrole nitrogens is 1. The Labute approximate surface area is 177 Å². The third-order valence-electron chi connectivity index (χ3n) is 6.51. The average Bonchev–Trinajstić information content (AvgIpc) is 3.54. The summed E-state index contributed by atoms with van der Waals surface area (Å²) in [5.41, 5.74) is 2.64. The first kappa shape index (κ1) is 17.8. The molecule has 1 spiro atoms. The first-order valence-corrected chi connectivity index (χ1v) is 10.1. The molecule has 2 atom stereocenters. The molecule has 0 bridgehead atoms. The van der Waals surface area contributed by atoms with Gasteiger partial charge >= 0.3 is 0 Å². The highest BCUT2D eigenvalue weighted by Crippen LogP contribution is 2.54. The quantitative estimate of drug-likeness (QED) is 0.524. The molecule has 2 aromatic heterocycles. The van der Waals surface area contributed by atoms with Crippen LogP contribution in [-0.2, 0) is 17.3 Å². The van der Waals surface area contributed by atoms with E-state index in [1.54, 1.807) is 29.3 Å². The highest BCUT2D eigenvalue weighted by molar-refractivity contribution is 6.08. The first-order chi connectivity index (χ1) is 15.1. The van der Waals surface area contributed by atoms with E-state index in [0.29, 0.717) is 35.4 Å². The van der Waals surface area contributed by atoms with Crippen LogP contribution in [0.4, 0.5) is 5.69 Å². The second kappa shape index (κ2) is 6.24. The van der Waals surface area contributed by atoms with Crippen LogP contribution in [-0.4, -0.2) is 48.2 Å². The number of aromatic amines is 1. The molecule has 2 aromatic carbocycles. The highest BCUT2D eigenvalue weighted by Gasteiger charge is 2.60. The molecule has 1 fully saturated rings. The van der Waals surface area contributed by atoms with Gasteiger partial charge in [0.2, 0.25) is 5.91 Å². The lowest BCUT2D eigenvalue weighted by atomic mass is 9.74. The number of nitrogens with zero attached hydrogens (tertiary/aromatic N) is 5. The van der Waals surface area contributed by atoms with Crippen LogP contribution in [0, 0.1) is 0 Å². The summed E-state index contributed by atoms with van der Waals surface area (Å²) >= 11 is 0. The molecular weight excluding hydrogens is 394 g/mol. The van der Waals surface area contributed by atoms with E-state index in [9.17, 15) is 9.59 Å². The largest absolute Gasteiger partial charge is 0.336 e. The van der Waals surface area contributed by atoms with Gasteiger partial charge in [-0.1, -0.05) is 18.2 Å². The van der Waals surface area contributed by atoms with E-state index in [4.69, 9.17) is 0 Å². The summed E-state index contributed by atoms with van der Waals surface area (Å²) in [5.74, 6) is 0.427. The van der Waals surface area contributed by atoms with Gasteiger partial charge in [-0.15, -0.1) is 0 Å². The fraction of sp³-hybridized carbons (Fsp3) is 0.227. The van der Waals surface area contributed by atoms with Crippen LogP contribution in [0.5, 0.6) is 0 Å². The molecule has 2 N–H and O–H groups in total. The van der Waals surface area contributed by atoms with Gasteiger partial charge in [0.1, 0.15) is 28.3 Å². The monoisotopic (exact) mass is 413 g/mol. The molecule has 9 nitrogen and oxygen atoms in total. The van der Waals surface area contributed by atoms with Crippen molar-refractivity contribution in [2.45, 2.75) is 17.9 Å². The SMILES string of the molecule is Cn1ccnc1[C@@H]1N(C(=O)c2ccc3n[nH]nc3c2)CC[C@]12C(=O)Nc1ccccc12. The van der Waals surface area contributed by atoms with Gasteiger partial charge in [-0.05, 0) is 36.2 Å². The van der Waals surface area contributed by atoms with Gasteiger partial charge < -0.3 is 14.8 Å². The zero-order valence-electron chi connectivity index (χ0n) is 16.7. The van der Waals surface area contributed by atoms with E-state index in [2.05, 4.69) is 25.7 Å². The third kappa shape index (κ3) is 2.34. The Bertz CT molecular complexity index is 1360. The van der Waals surface area contributed by atoms with Gasteiger partial charge in [-0.3, -0.25) is 9.59 Å². The number of carbonyl (C=O) groups excluding carboxylic acids is 2. The number of anilines is 1. The predicted octanol–water partition coefficient (Wildman–Crippen LogP) is 2.17. The molecule has 4 aromatic rings. The van der Waals surface area contributed by atoms with Gasteiger partial charge in [0.05, 0.1) is 0 Å². The molecule has 9 heteroatoms. The van der Waals surface area contributed by atoms with Crippen molar-refractivity contribution in [2.75, 3.05) is 11.9 Å². The van der Waals surface area contributed by atoms with Crippen LogP contribution in [0.25, 0.3) is 11.0 Å². The second-order valence-electron chi connectivity index (χ2n) is 8.05. The van der Waals surface area contributed by atoms with Crippen molar-refractivity contribution in [1.82, 2.24) is 29.9 Å². The normalized spacial score (nSPS) is 22.3. The van der Waals surface area contributed by atoms with E-state index in [1.807, 2.05) is 42.1 Å². The number of carbonyl (C=O) groups is 2. The van der Waals surface area contributed by atoms with Crippen LogP contribution in [0.2, 0.25) is 0 Å². The third-order valence-corrected chi connectivity index (χ3v) is 6.51. The zero-order chi connectivity index (χ0) is 21.2. The minimum Gasteiger partial charge on any atom is -0.336 e. The fourth-order valence-electron chi connectivity index (χ4n) is 5.04. The summed E-state index contributed by atoms with van der Waals surface area (Å²) in [6, 6.07) is 12.4. The average molecular weight is 413 g/mol. The summed E-state index contributed by atoms with van der Waals surface area (Å²) < 4.78 is 1.88. The first-order valence-electron chi connectivity index (χ1n) is 10.1. The molecular formula is C22H19N7O2. The number of imidazole rings is 1. The number of aryl methyl sites for hydroxylation is 1. The van der Waals surface area contributed by atoms with E-state index in [1.165, 1.54) is 0 Å². The van der Waals surface area contributed by atoms with E-state index >= 15 is 0 Å². The molecule has 6 rings (SSSR count). The van der Waals surface area contributed by atoms with Crippen LogP contribution in [0.1, 0.15) is 34.2 Å². The number of amides is 2. The smallest absolute Gasteiger partial charge is 0.254 e. The number of aromatic nitrogens is 5. The Morgan fingerprint density at radius 3 is 2.84 bits per heavy atom. The number of hydrogen-bond donors (Lipinski definition) is 2. The van der Waals surface area contributed by atoms with Crippen molar-refractivity contribution in [3.05, 3.63) is 71.8 Å². The molecule has 0 saturated carbocycles. The summed E-state index contributed by atoms with van der Waals surface area (Å²) in [5, 5.41) is 13.7. The molecule has 154 valence electrons. The Morgan fingerprint density at radius 2 is 2.00 bits per heavy atom. The predicted molar refractivity (Wildman–Crippen MR) is 112 cm³/mol. The molecule has 0 unspecified atom stereocenters. The Morgan fingerprint density at radius 1 is 1.16 bits per heavy atom. The summed E-state index contributed by atoms with van der Waals surface area (Å²) in [6.45, 7) is 0.439. The molecule has 31 heavy (non-hydrogen) atoms. The highest BCUT2D eigenvalue weighted by atomic mass is 16.2. The van der Waals surface area contributed by atoms with E-state index < -0.39 is 11.5 Å². The number of hydrogen-bond acceptors (Lipinski definition) is 5. The minimum atomic E-state index is -0.886. The molecule has 2 amide bonds. The maximum atomic E-state index is 13.7. The minimum absolute atomic E-state index is 0.0936. The van der Waals surface area contributed by atoms with Crippen molar-refractivity contribution in [1.29, 1.82) is 0 Å². The molecule has 0 aliphatic carbocycles.